The van der Waals surface area contributed by atoms with Crippen molar-refractivity contribution >= 4 is 12.1 Å². The van der Waals surface area contributed by atoms with Gasteiger partial charge in [0.2, 0.25) is 0 Å². The summed E-state index contributed by atoms with van der Waals surface area (Å²) in [5.41, 5.74) is -0.746. The molecule has 0 aromatic rings. The highest BCUT2D eigenvalue weighted by Gasteiger charge is 2.59. The zero-order chi connectivity index (χ0) is 16.0. The SMILES string of the molecule is CC(C)(C)OC(=O)N1[C@H]2C[C@@H](CC(=O)O)C[C@H]1C(F)(F)C2. The molecule has 2 fully saturated rings. The number of halogens is 2. The van der Waals surface area contributed by atoms with Crippen molar-refractivity contribution in [3.8, 4) is 0 Å². The number of carbonyl (C=O) groups is 2. The van der Waals surface area contributed by atoms with E-state index < -0.39 is 42.1 Å². The smallest absolute Gasteiger partial charge is 0.410 e. The molecule has 21 heavy (non-hydrogen) atoms. The number of fused-ring (bicyclic) bond motifs is 2. The third-order valence-corrected chi connectivity index (χ3v) is 3.95. The Hall–Kier alpha value is -1.40. The molecule has 7 heteroatoms. The van der Waals surface area contributed by atoms with Crippen LogP contribution >= 0.6 is 0 Å². The summed E-state index contributed by atoms with van der Waals surface area (Å²) in [6.07, 6.45) is -0.978. The van der Waals surface area contributed by atoms with Crippen LogP contribution in [0.2, 0.25) is 0 Å². The van der Waals surface area contributed by atoms with Crippen molar-refractivity contribution in [2.75, 3.05) is 0 Å². The molecular weight excluding hydrogens is 284 g/mol. The summed E-state index contributed by atoms with van der Waals surface area (Å²) in [5, 5.41) is 8.82. The number of rotatable bonds is 2. The van der Waals surface area contributed by atoms with Gasteiger partial charge in [-0.2, -0.15) is 0 Å². The Labute approximate surface area is 122 Å². The Balaban J connectivity index is 2.15. The van der Waals surface area contributed by atoms with E-state index in [0.717, 1.165) is 4.90 Å². The van der Waals surface area contributed by atoms with Crippen LogP contribution < -0.4 is 0 Å². The molecule has 0 aromatic heterocycles. The summed E-state index contributed by atoms with van der Waals surface area (Å²) < 4.78 is 33.3. The first-order valence-electron chi connectivity index (χ1n) is 7.10. The first kappa shape index (κ1) is 16.0. The molecule has 1 N–H and O–H groups in total. The van der Waals surface area contributed by atoms with Crippen LogP contribution in [0.5, 0.6) is 0 Å². The quantitative estimate of drug-likeness (QED) is 0.852. The van der Waals surface area contributed by atoms with Crippen LogP contribution in [-0.4, -0.2) is 45.7 Å². The highest BCUT2D eigenvalue weighted by Crippen LogP contribution is 2.48. The van der Waals surface area contributed by atoms with Gasteiger partial charge in [-0.05, 0) is 39.5 Å². The van der Waals surface area contributed by atoms with Gasteiger partial charge in [0.25, 0.3) is 5.92 Å². The lowest BCUT2D eigenvalue weighted by molar-refractivity contribution is -0.139. The predicted octanol–water partition coefficient (Wildman–Crippen LogP) is 2.88. The Morgan fingerprint density at radius 3 is 2.43 bits per heavy atom. The molecule has 0 unspecified atom stereocenters. The molecule has 0 aromatic carbocycles. The fourth-order valence-corrected chi connectivity index (χ4v) is 3.29. The summed E-state index contributed by atoms with van der Waals surface area (Å²) in [7, 11) is 0. The van der Waals surface area contributed by atoms with Gasteiger partial charge in [-0.25, -0.2) is 13.6 Å². The van der Waals surface area contributed by atoms with Gasteiger partial charge in [-0.15, -0.1) is 0 Å². The van der Waals surface area contributed by atoms with E-state index in [1.165, 1.54) is 0 Å². The second-order valence-electron chi connectivity index (χ2n) is 6.96. The molecule has 2 aliphatic heterocycles. The second-order valence-corrected chi connectivity index (χ2v) is 6.96. The number of carbonyl (C=O) groups excluding carboxylic acids is 1. The van der Waals surface area contributed by atoms with Gasteiger partial charge in [0.05, 0.1) is 6.04 Å². The van der Waals surface area contributed by atoms with E-state index in [1.807, 2.05) is 0 Å². The summed E-state index contributed by atoms with van der Waals surface area (Å²) in [6, 6.07) is -1.90. The number of amides is 1. The number of alkyl halides is 2. The summed E-state index contributed by atoms with van der Waals surface area (Å²) in [4.78, 5) is 24.0. The minimum atomic E-state index is -2.98. The number of carboxylic acids is 1. The number of ether oxygens (including phenoxy) is 1. The molecule has 0 radical (unpaired) electrons. The fourth-order valence-electron chi connectivity index (χ4n) is 3.29. The standard InChI is InChI=1S/C14H21F2NO4/c1-13(2,3)21-12(20)17-9-4-8(6-11(18)19)5-10(17)14(15,16)7-9/h8-10H,4-7H2,1-3H3,(H,18,19)/t8-,9+,10+/m1/s1. The van der Waals surface area contributed by atoms with Crippen LogP contribution in [0, 0.1) is 5.92 Å². The second kappa shape index (κ2) is 5.10. The predicted molar refractivity (Wildman–Crippen MR) is 70.2 cm³/mol. The van der Waals surface area contributed by atoms with Gasteiger partial charge in [-0.3, -0.25) is 9.69 Å². The number of piperidine rings is 1. The number of aliphatic carboxylic acids is 1. The molecule has 2 rings (SSSR count). The molecule has 2 saturated heterocycles. The van der Waals surface area contributed by atoms with E-state index in [4.69, 9.17) is 9.84 Å². The van der Waals surface area contributed by atoms with Gasteiger partial charge >= 0.3 is 12.1 Å². The van der Waals surface area contributed by atoms with E-state index in [2.05, 4.69) is 0 Å². The highest BCUT2D eigenvalue weighted by atomic mass is 19.3. The van der Waals surface area contributed by atoms with Gasteiger partial charge in [0.1, 0.15) is 5.60 Å². The van der Waals surface area contributed by atoms with Crippen molar-refractivity contribution in [3.05, 3.63) is 0 Å². The largest absolute Gasteiger partial charge is 0.481 e. The van der Waals surface area contributed by atoms with Crippen LogP contribution in [-0.2, 0) is 9.53 Å². The van der Waals surface area contributed by atoms with E-state index in [-0.39, 0.29) is 25.2 Å². The minimum absolute atomic E-state index is 0.00897. The molecule has 2 heterocycles. The van der Waals surface area contributed by atoms with Crippen LogP contribution in [0.25, 0.3) is 0 Å². The molecule has 0 saturated carbocycles. The lowest BCUT2D eigenvalue weighted by Crippen LogP contribution is -2.51. The van der Waals surface area contributed by atoms with E-state index >= 15 is 0 Å². The maximum absolute atomic E-state index is 14.1. The van der Waals surface area contributed by atoms with Crippen LogP contribution in [0.15, 0.2) is 0 Å². The molecule has 0 aliphatic carbocycles. The highest BCUT2D eigenvalue weighted by molar-refractivity contribution is 5.70. The lowest BCUT2D eigenvalue weighted by Gasteiger charge is -2.39. The molecular formula is C14H21F2NO4. The average Bonchev–Trinajstić information content (AvgIpc) is 2.39. The first-order valence-corrected chi connectivity index (χ1v) is 7.10. The fraction of sp³-hybridized carbons (Fsp3) is 0.857. The summed E-state index contributed by atoms with van der Waals surface area (Å²) in [5.74, 6) is -4.28. The molecule has 2 aliphatic rings. The lowest BCUT2D eigenvalue weighted by atomic mass is 9.88. The van der Waals surface area contributed by atoms with Crippen LogP contribution in [0.4, 0.5) is 13.6 Å². The molecule has 5 nitrogen and oxygen atoms in total. The number of hydrogen-bond acceptors (Lipinski definition) is 3. The summed E-state index contributed by atoms with van der Waals surface area (Å²) in [6.45, 7) is 5.05. The third kappa shape index (κ3) is 3.44. The van der Waals surface area contributed by atoms with Gasteiger partial charge < -0.3 is 9.84 Å². The maximum atomic E-state index is 14.1. The summed E-state index contributed by atoms with van der Waals surface area (Å²) >= 11 is 0. The number of nitrogens with zero attached hydrogens (tertiary/aromatic N) is 1. The van der Waals surface area contributed by atoms with Crippen molar-refractivity contribution < 1.29 is 28.2 Å². The zero-order valence-corrected chi connectivity index (χ0v) is 12.4. The first-order chi connectivity index (χ1) is 9.49. The van der Waals surface area contributed by atoms with Crippen molar-refractivity contribution in [1.29, 1.82) is 0 Å². The Bertz CT molecular complexity index is 447. The van der Waals surface area contributed by atoms with Crippen LogP contribution in [0.3, 0.4) is 0 Å². The molecule has 2 bridgehead atoms. The van der Waals surface area contributed by atoms with Crippen molar-refractivity contribution in [3.63, 3.8) is 0 Å². The Morgan fingerprint density at radius 1 is 1.33 bits per heavy atom. The number of carboxylic acid groups (broad SMARTS) is 1. The van der Waals surface area contributed by atoms with Crippen molar-refractivity contribution in [1.82, 2.24) is 4.90 Å². The molecule has 1 amide bonds. The van der Waals surface area contributed by atoms with Crippen LogP contribution in [0.1, 0.15) is 46.5 Å². The Morgan fingerprint density at radius 2 is 1.95 bits per heavy atom. The molecule has 0 spiro atoms. The van der Waals surface area contributed by atoms with Crippen molar-refractivity contribution in [2.24, 2.45) is 5.92 Å². The molecule has 3 atom stereocenters. The van der Waals surface area contributed by atoms with E-state index in [1.54, 1.807) is 20.8 Å². The van der Waals surface area contributed by atoms with Gasteiger partial charge in [0.15, 0.2) is 0 Å². The minimum Gasteiger partial charge on any atom is -0.481 e. The topological polar surface area (TPSA) is 66.8 Å². The van der Waals surface area contributed by atoms with Gasteiger partial charge in [-0.1, -0.05) is 0 Å². The zero-order valence-electron chi connectivity index (χ0n) is 12.4. The molecule has 120 valence electrons. The normalized spacial score (nSPS) is 31.1. The average molecular weight is 305 g/mol. The van der Waals surface area contributed by atoms with E-state index in [9.17, 15) is 18.4 Å². The van der Waals surface area contributed by atoms with E-state index in [0.29, 0.717) is 0 Å². The van der Waals surface area contributed by atoms with Gasteiger partial charge in [0, 0.05) is 18.9 Å². The van der Waals surface area contributed by atoms with Crippen molar-refractivity contribution in [2.45, 2.75) is 70.1 Å². The monoisotopic (exact) mass is 305 g/mol. The third-order valence-electron chi connectivity index (χ3n) is 3.95. The maximum Gasteiger partial charge on any atom is 0.410 e. The Kier molecular flexibility index (Phi) is 3.88. The number of hydrogen-bond donors (Lipinski definition) is 1.